The predicted octanol–water partition coefficient (Wildman–Crippen LogP) is 12.9. The second-order valence-electron chi connectivity index (χ2n) is 24.6. The number of ether oxygens (including phenoxy) is 2. The number of rotatable bonds is 12. The van der Waals surface area contributed by atoms with E-state index in [1.807, 2.05) is 6.07 Å². The van der Waals surface area contributed by atoms with Gasteiger partial charge in [-0.3, -0.25) is 0 Å². The second-order valence-corrected chi connectivity index (χ2v) is 24.6. The van der Waals surface area contributed by atoms with Gasteiger partial charge in [0.25, 0.3) is 0 Å². The number of esters is 2. The monoisotopic (exact) mass is 855 g/mol. The van der Waals surface area contributed by atoms with Crippen LogP contribution in [0.15, 0.2) is 24.3 Å². The Balaban J connectivity index is 0.771. The number of carbonyl (C=O) groups excluding carboxylic acids is 2. The molecule has 0 bridgehead atoms. The van der Waals surface area contributed by atoms with Gasteiger partial charge in [0.15, 0.2) is 0 Å². The van der Waals surface area contributed by atoms with Crippen molar-refractivity contribution < 1.29 is 29.3 Å². The third-order valence-electron chi connectivity index (χ3n) is 22.3. The van der Waals surface area contributed by atoms with Gasteiger partial charge in [-0.1, -0.05) is 47.6 Å². The maximum absolute atomic E-state index is 13.8. The van der Waals surface area contributed by atoms with Gasteiger partial charge in [0.2, 0.25) is 0 Å². The molecule has 0 radical (unpaired) electrons. The Morgan fingerprint density at radius 3 is 1.39 bits per heavy atom. The Hall–Kier alpha value is -1.92. The van der Waals surface area contributed by atoms with Crippen LogP contribution in [0.2, 0.25) is 0 Å². The summed E-state index contributed by atoms with van der Waals surface area (Å²) >= 11 is 0. The number of carbonyl (C=O) groups is 2. The minimum Gasteiger partial charge on any atom is -0.459 e. The van der Waals surface area contributed by atoms with E-state index in [0.717, 1.165) is 112 Å². The number of aliphatic hydroxyl groups excluding tert-OH is 2. The van der Waals surface area contributed by atoms with Crippen molar-refractivity contribution in [3.63, 3.8) is 0 Å². The van der Waals surface area contributed by atoms with Crippen molar-refractivity contribution in [3.05, 3.63) is 35.4 Å². The quantitative estimate of drug-likeness (QED) is 0.203. The van der Waals surface area contributed by atoms with E-state index in [-0.39, 0.29) is 24.1 Å². The van der Waals surface area contributed by atoms with E-state index in [1.165, 1.54) is 77.0 Å². The van der Waals surface area contributed by atoms with E-state index >= 15 is 0 Å². The van der Waals surface area contributed by atoms with Crippen molar-refractivity contribution >= 4 is 11.9 Å². The van der Waals surface area contributed by atoms with E-state index in [0.29, 0.717) is 69.7 Å². The van der Waals surface area contributed by atoms with Crippen LogP contribution in [0.1, 0.15) is 204 Å². The van der Waals surface area contributed by atoms with Gasteiger partial charge in [0.05, 0.1) is 11.1 Å². The molecule has 346 valence electrons. The molecule has 0 aliphatic heterocycles. The van der Waals surface area contributed by atoms with Gasteiger partial charge in [0.1, 0.15) is 12.2 Å². The van der Waals surface area contributed by atoms with Crippen LogP contribution < -0.4 is 0 Å². The van der Waals surface area contributed by atoms with Crippen molar-refractivity contribution in [3.8, 4) is 0 Å². The molecule has 1 aromatic rings. The highest BCUT2D eigenvalue weighted by atomic mass is 16.5. The average Bonchev–Trinajstić information content (AvgIpc) is 3.82. The van der Waals surface area contributed by atoms with Crippen LogP contribution in [0, 0.1) is 92.7 Å². The van der Waals surface area contributed by atoms with Gasteiger partial charge in [-0.2, -0.15) is 0 Å². The number of aliphatic hydroxyl groups is 2. The molecule has 9 rings (SSSR count). The summed E-state index contributed by atoms with van der Waals surface area (Å²) in [7, 11) is 0. The Morgan fingerprint density at radius 2 is 0.968 bits per heavy atom. The summed E-state index contributed by atoms with van der Waals surface area (Å²) in [5, 5.41) is 19.0. The molecule has 0 spiro atoms. The Bertz CT molecular complexity index is 1640. The summed E-state index contributed by atoms with van der Waals surface area (Å²) in [5.41, 5.74) is 2.47. The summed E-state index contributed by atoms with van der Waals surface area (Å²) in [5.74, 6) is 8.45. The van der Waals surface area contributed by atoms with Crippen LogP contribution in [-0.2, 0) is 9.47 Å². The molecule has 18 atom stereocenters. The first-order valence-corrected chi connectivity index (χ1v) is 26.5. The molecule has 8 aliphatic rings. The first-order valence-electron chi connectivity index (χ1n) is 26.5. The minimum atomic E-state index is -0.301. The highest BCUT2D eigenvalue weighted by molar-refractivity contribution is 5.95. The van der Waals surface area contributed by atoms with Gasteiger partial charge < -0.3 is 19.7 Å². The third-order valence-corrected chi connectivity index (χ3v) is 22.3. The number of benzene rings is 1. The van der Waals surface area contributed by atoms with Gasteiger partial charge >= 0.3 is 11.9 Å². The zero-order valence-electron chi connectivity index (χ0n) is 39.9. The van der Waals surface area contributed by atoms with E-state index in [9.17, 15) is 19.8 Å². The summed E-state index contributed by atoms with van der Waals surface area (Å²) in [4.78, 5) is 27.5. The zero-order valence-corrected chi connectivity index (χ0v) is 39.9. The lowest BCUT2D eigenvalue weighted by Crippen LogP contribution is -2.54. The molecular formula is C56H86O6. The molecule has 0 aromatic heterocycles. The molecule has 6 nitrogen and oxygen atoms in total. The van der Waals surface area contributed by atoms with Crippen molar-refractivity contribution in [1.29, 1.82) is 0 Å². The van der Waals surface area contributed by atoms with Crippen LogP contribution in [0.5, 0.6) is 0 Å². The minimum absolute atomic E-state index is 0.0649. The molecule has 8 aliphatic carbocycles. The van der Waals surface area contributed by atoms with E-state index < -0.39 is 0 Å². The standard InChI is InChI=1S/C56H86O6/c1-35(10-8-30-57)45-18-20-47-43-16-14-39-33-41(22-26-53(39,3)49(43)24-28-55(45,47)5)61-51(59)37-12-7-13-38(32-37)52(60)62-42-23-27-54(4)40(34-42)15-17-44-48-21-19-46(36(2)11-9-31-58)56(48,6)29-25-50(44)54/h7,12-13,32,35-36,39-50,57-58H,8-11,14-31,33-34H2,1-6H3/t35-,36-,39+,40+,41-,42-,43+,44+,45-,46-,47+,48+,49+,50+,53+,54+,55-,56-/m1/s1. The van der Waals surface area contributed by atoms with Gasteiger partial charge in [-0.05, 0) is 252 Å². The van der Waals surface area contributed by atoms with E-state index in [2.05, 4.69) is 41.5 Å². The summed E-state index contributed by atoms with van der Waals surface area (Å²) in [6, 6.07) is 7.15. The van der Waals surface area contributed by atoms with Gasteiger partial charge in [0, 0.05) is 13.2 Å². The molecule has 0 saturated heterocycles. The SMILES string of the molecule is C[C@H](CCCO)[C@H]1CC[C@H]2[C@@H]3CC[C@H]4C[C@H](OC(=O)c5cccc(C(=O)O[C@@H]6CC[C@@]7(C)[C@@H](CC[C@@H]8[C@@H]7CC[C@]7(C)[C@@H]([C@H](C)CCCO)CC[C@@H]87)C6)c5)CC[C@]4(C)[C@H]3CC[C@]12C. The molecule has 0 heterocycles. The Labute approximate surface area is 376 Å². The molecule has 2 N–H and O–H groups in total. The molecule has 0 amide bonds. The predicted molar refractivity (Wildman–Crippen MR) is 246 cm³/mol. The molecule has 8 fully saturated rings. The highest BCUT2D eigenvalue weighted by Gasteiger charge is 2.62. The summed E-state index contributed by atoms with van der Waals surface area (Å²) < 4.78 is 12.6. The third kappa shape index (κ3) is 7.77. The maximum atomic E-state index is 13.8. The van der Waals surface area contributed by atoms with Crippen molar-refractivity contribution in [2.24, 2.45) is 92.7 Å². The zero-order chi connectivity index (χ0) is 43.6. The van der Waals surface area contributed by atoms with Crippen LogP contribution in [0.3, 0.4) is 0 Å². The van der Waals surface area contributed by atoms with Gasteiger partial charge in [-0.25, -0.2) is 9.59 Å². The molecule has 8 saturated carbocycles. The fourth-order valence-corrected chi connectivity index (χ4v) is 19.0. The highest BCUT2D eigenvalue weighted by Crippen LogP contribution is 2.70. The number of hydrogen-bond donors (Lipinski definition) is 2. The topological polar surface area (TPSA) is 93.1 Å². The van der Waals surface area contributed by atoms with Crippen LogP contribution in [0.25, 0.3) is 0 Å². The fourth-order valence-electron chi connectivity index (χ4n) is 19.0. The Kier molecular flexibility index (Phi) is 12.9. The summed E-state index contributed by atoms with van der Waals surface area (Å²) in [6.07, 6.45) is 26.1. The fraction of sp³-hybridized carbons (Fsp3) is 0.857. The smallest absolute Gasteiger partial charge is 0.338 e. The Morgan fingerprint density at radius 1 is 0.565 bits per heavy atom. The number of fused-ring (bicyclic) bond motifs is 10. The average molecular weight is 855 g/mol. The lowest BCUT2D eigenvalue weighted by atomic mass is 9.44. The van der Waals surface area contributed by atoms with E-state index in [1.54, 1.807) is 18.2 Å². The molecule has 0 unspecified atom stereocenters. The van der Waals surface area contributed by atoms with E-state index in [4.69, 9.17) is 9.47 Å². The van der Waals surface area contributed by atoms with Crippen LogP contribution in [0.4, 0.5) is 0 Å². The largest absolute Gasteiger partial charge is 0.459 e. The molecular weight excluding hydrogens is 769 g/mol. The summed E-state index contributed by atoms with van der Waals surface area (Å²) in [6.45, 7) is 16.0. The first-order chi connectivity index (χ1) is 29.7. The van der Waals surface area contributed by atoms with Crippen molar-refractivity contribution in [2.75, 3.05) is 13.2 Å². The van der Waals surface area contributed by atoms with Crippen LogP contribution >= 0.6 is 0 Å². The lowest BCUT2D eigenvalue weighted by Gasteiger charge is -2.61. The second kappa shape index (κ2) is 17.7. The first kappa shape index (κ1) is 45.2. The molecule has 6 heteroatoms. The number of hydrogen-bond acceptors (Lipinski definition) is 6. The van der Waals surface area contributed by atoms with Gasteiger partial charge in [-0.15, -0.1) is 0 Å². The lowest BCUT2D eigenvalue weighted by molar-refractivity contribution is -0.130. The normalized spacial score (nSPS) is 45.5. The van der Waals surface area contributed by atoms with Crippen LogP contribution in [-0.4, -0.2) is 47.6 Å². The molecule has 1 aromatic carbocycles. The van der Waals surface area contributed by atoms with Crippen molar-refractivity contribution in [1.82, 2.24) is 0 Å². The van der Waals surface area contributed by atoms with Crippen molar-refractivity contribution in [2.45, 2.75) is 195 Å². The maximum Gasteiger partial charge on any atom is 0.338 e. The molecule has 62 heavy (non-hydrogen) atoms.